The van der Waals surface area contributed by atoms with Gasteiger partial charge in [0.05, 0.1) is 11.5 Å². The molecule has 1 N–H and O–H groups in total. The smallest absolute Gasteiger partial charge is 0.223 e. The Kier molecular flexibility index (Phi) is 6.21. The average Bonchev–Trinajstić information content (AvgIpc) is 2.86. The zero-order valence-corrected chi connectivity index (χ0v) is 15.8. The van der Waals surface area contributed by atoms with Crippen LogP contribution in [0.15, 0.2) is 24.3 Å². The maximum Gasteiger partial charge on any atom is 0.223 e. The minimum Gasteiger partial charge on any atom is -0.352 e. The van der Waals surface area contributed by atoms with Gasteiger partial charge in [0.1, 0.15) is 0 Å². The number of carbonyl (C=O) groups is 2. The minimum absolute atomic E-state index is 0.00530. The van der Waals surface area contributed by atoms with Gasteiger partial charge in [-0.1, -0.05) is 32.0 Å². The Labute approximate surface area is 149 Å². The third kappa shape index (κ3) is 5.29. The molecule has 1 unspecified atom stereocenters. The third-order valence-electron chi connectivity index (χ3n) is 4.39. The van der Waals surface area contributed by atoms with Crippen LogP contribution in [0, 0.1) is 0 Å². The number of rotatable bonds is 6. The highest BCUT2D eigenvalue weighted by atomic mass is 32.2. The van der Waals surface area contributed by atoms with Gasteiger partial charge in [0.25, 0.3) is 0 Å². The average molecular weight is 366 g/mol. The van der Waals surface area contributed by atoms with Gasteiger partial charge in [-0.2, -0.15) is 0 Å². The summed E-state index contributed by atoms with van der Waals surface area (Å²) in [7, 11) is -3.02. The molecule has 0 aliphatic carbocycles. The van der Waals surface area contributed by atoms with E-state index in [1.807, 2.05) is 24.3 Å². The Balaban J connectivity index is 2.01. The first-order valence-corrected chi connectivity index (χ1v) is 10.4. The standard InChI is InChI=1S/C18H26N2O4S/c1-13(2)16-6-4-5-7-17(16)20(14(3)21)10-8-18(22)19-15-9-11-25(23,24)12-15/h4-7,13,15H,8-12H2,1-3H3,(H,19,22). The van der Waals surface area contributed by atoms with E-state index in [-0.39, 0.29) is 48.2 Å². The monoisotopic (exact) mass is 366 g/mol. The number of anilines is 1. The molecule has 0 bridgehead atoms. The van der Waals surface area contributed by atoms with E-state index in [0.29, 0.717) is 6.42 Å². The fourth-order valence-corrected chi connectivity index (χ4v) is 4.76. The number of amides is 2. The Hall–Kier alpha value is -1.89. The summed E-state index contributed by atoms with van der Waals surface area (Å²) in [5.41, 5.74) is 1.88. The number of hydrogen-bond donors (Lipinski definition) is 1. The van der Waals surface area contributed by atoms with Crippen molar-refractivity contribution in [2.75, 3.05) is 23.0 Å². The summed E-state index contributed by atoms with van der Waals surface area (Å²) in [6.45, 7) is 5.87. The van der Waals surface area contributed by atoms with Gasteiger partial charge in [-0.25, -0.2) is 8.42 Å². The van der Waals surface area contributed by atoms with Crippen molar-refractivity contribution in [2.24, 2.45) is 0 Å². The lowest BCUT2D eigenvalue weighted by atomic mass is 10.0. The second kappa shape index (κ2) is 7.99. The molecule has 138 valence electrons. The molecule has 1 aromatic rings. The molecule has 25 heavy (non-hydrogen) atoms. The van der Waals surface area contributed by atoms with E-state index in [1.54, 1.807) is 4.90 Å². The van der Waals surface area contributed by atoms with E-state index in [4.69, 9.17) is 0 Å². The van der Waals surface area contributed by atoms with Crippen LogP contribution in [-0.4, -0.2) is 44.3 Å². The predicted molar refractivity (Wildman–Crippen MR) is 98.4 cm³/mol. The van der Waals surface area contributed by atoms with Crippen molar-refractivity contribution in [3.05, 3.63) is 29.8 Å². The molecule has 1 saturated heterocycles. The maximum absolute atomic E-state index is 12.1. The molecule has 2 rings (SSSR count). The topological polar surface area (TPSA) is 83.6 Å². The van der Waals surface area contributed by atoms with E-state index < -0.39 is 9.84 Å². The molecule has 1 fully saturated rings. The van der Waals surface area contributed by atoms with Crippen LogP contribution in [0.3, 0.4) is 0 Å². The van der Waals surface area contributed by atoms with E-state index in [9.17, 15) is 18.0 Å². The summed E-state index contributed by atoms with van der Waals surface area (Å²) < 4.78 is 22.9. The minimum atomic E-state index is -3.02. The lowest BCUT2D eigenvalue weighted by molar-refractivity contribution is -0.121. The van der Waals surface area contributed by atoms with Crippen LogP contribution >= 0.6 is 0 Å². The second-order valence-corrected chi connectivity index (χ2v) is 9.03. The zero-order chi connectivity index (χ0) is 18.6. The quantitative estimate of drug-likeness (QED) is 0.833. The second-order valence-electron chi connectivity index (χ2n) is 6.80. The highest BCUT2D eigenvalue weighted by molar-refractivity contribution is 7.91. The first kappa shape index (κ1) is 19.4. The SMILES string of the molecule is CC(=O)N(CCC(=O)NC1CCS(=O)(=O)C1)c1ccccc1C(C)C. The van der Waals surface area contributed by atoms with Crippen molar-refractivity contribution in [2.45, 2.75) is 45.6 Å². The van der Waals surface area contributed by atoms with Crippen molar-refractivity contribution < 1.29 is 18.0 Å². The molecular weight excluding hydrogens is 340 g/mol. The van der Waals surface area contributed by atoms with Crippen molar-refractivity contribution in [1.82, 2.24) is 5.32 Å². The molecule has 2 amide bonds. The van der Waals surface area contributed by atoms with Gasteiger partial charge in [-0.05, 0) is 24.0 Å². The number of nitrogens with one attached hydrogen (secondary N) is 1. The van der Waals surface area contributed by atoms with Crippen molar-refractivity contribution in [3.8, 4) is 0 Å². The number of carbonyl (C=O) groups excluding carboxylic acids is 2. The van der Waals surface area contributed by atoms with E-state index in [1.165, 1.54) is 6.92 Å². The lowest BCUT2D eigenvalue weighted by Crippen LogP contribution is -2.39. The number of sulfone groups is 1. The molecule has 1 aromatic carbocycles. The fourth-order valence-electron chi connectivity index (χ4n) is 3.09. The summed E-state index contributed by atoms with van der Waals surface area (Å²) in [6, 6.07) is 7.37. The number of nitrogens with zero attached hydrogens (tertiary/aromatic N) is 1. The number of para-hydroxylation sites is 1. The van der Waals surface area contributed by atoms with Gasteiger partial charge in [-0.15, -0.1) is 0 Å². The molecule has 0 radical (unpaired) electrons. The molecule has 1 heterocycles. The molecule has 7 heteroatoms. The maximum atomic E-state index is 12.1. The van der Waals surface area contributed by atoms with E-state index in [2.05, 4.69) is 19.2 Å². The summed E-state index contributed by atoms with van der Waals surface area (Å²) in [4.78, 5) is 25.8. The molecule has 0 saturated carbocycles. The Morgan fingerprint density at radius 1 is 1.28 bits per heavy atom. The Morgan fingerprint density at radius 3 is 2.52 bits per heavy atom. The molecular formula is C18H26N2O4S. The largest absolute Gasteiger partial charge is 0.352 e. The van der Waals surface area contributed by atoms with Crippen LogP contribution < -0.4 is 10.2 Å². The van der Waals surface area contributed by atoms with E-state index in [0.717, 1.165) is 11.3 Å². The van der Waals surface area contributed by atoms with Gasteiger partial charge < -0.3 is 10.2 Å². The predicted octanol–water partition coefficient (Wildman–Crippen LogP) is 1.86. The molecule has 1 aliphatic rings. The van der Waals surface area contributed by atoms with Crippen LogP contribution in [0.2, 0.25) is 0 Å². The van der Waals surface area contributed by atoms with Crippen LogP contribution in [0.1, 0.15) is 45.1 Å². The van der Waals surface area contributed by atoms with Gasteiger partial charge in [0.15, 0.2) is 9.84 Å². The van der Waals surface area contributed by atoms with Gasteiger partial charge in [0, 0.05) is 31.6 Å². The van der Waals surface area contributed by atoms with Crippen LogP contribution in [0.5, 0.6) is 0 Å². The first-order valence-electron chi connectivity index (χ1n) is 8.56. The van der Waals surface area contributed by atoms with Crippen LogP contribution in [-0.2, 0) is 19.4 Å². The molecule has 6 nitrogen and oxygen atoms in total. The fraction of sp³-hybridized carbons (Fsp3) is 0.556. The first-order chi connectivity index (χ1) is 11.7. The number of hydrogen-bond acceptors (Lipinski definition) is 4. The van der Waals surface area contributed by atoms with Gasteiger partial charge >= 0.3 is 0 Å². The van der Waals surface area contributed by atoms with Crippen LogP contribution in [0.4, 0.5) is 5.69 Å². The normalized spacial score (nSPS) is 19.0. The molecule has 1 aliphatic heterocycles. The third-order valence-corrected chi connectivity index (χ3v) is 6.16. The summed E-state index contributed by atoms with van der Waals surface area (Å²) in [5, 5.41) is 2.76. The number of benzene rings is 1. The van der Waals surface area contributed by atoms with Gasteiger partial charge in [0.2, 0.25) is 11.8 Å². The van der Waals surface area contributed by atoms with E-state index >= 15 is 0 Å². The lowest BCUT2D eigenvalue weighted by Gasteiger charge is -2.25. The van der Waals surface area contributed by atoms with Crippen molar-refractivity contribution in [3.63, 3.8) is 0 Å². The summed E-state index contributed by atoms with van der Waals surface area (Å²) >= 11 is 0. The molecule has 0 spiro atoms. The Bertz CT molecular complexity index is 743. The Morgan fingerprint density at radius 2 is 1.96 bits per heavy atom. The highest BCUT2D eigenvalue weighted by Crippen LogP contribution is 2.27. The summed E-state index contributed by atoms with van der Waals surface area (Å²) in [6.07, 6.45) is 0.600. The highest BCUT2D eigenvalue weighted by Gasteiger charge is 2.29. The molecule has 1 atom stereocenters. The van der Waals surface area contributed by atoms with Crippen LogP contribution in [0.25, 0.3) is 0 Å². The van der Waals surface area contributed by atoms with Crippen molar-refractivity contribution >= 4 is 27.3 Å². The van der Waals surface area contributed by atoms with Crippen molar-refractivity contribution in [1.29, 1.82) is 0 Å². The van der Waals surface area contributed by atoms with Gasteiger partial charge in [-0.3, -0.25) is 9.59 Å². The summed E-state index contributed by atoms with van der Waals surface area (Å²) in [5.74, 6) is 0.0419. The molecule has 0 aromatic heterocycles. The zero-order valence-electron chi connectivity index (χ0n) is 15.0.